The van der Waals surface area contributed by atoms with Gasteiger partial charge in [-0.25, -0.2) is 8.78 Å². The fourth-order valence-corrected chi connectivity index (χ4v) is 1.89. The molecule has 5 heteroatoms. The number of carbonyl (C=O) groups is 1. The molecule has 19 heavy (non-hydrogen) atoms. The third-order valence-electron chi connectivity index (χ3n) is 2.57. The molecule has 0 radical (unpaired) electrons. The van der Waals surface area contributed by atoms with Crippen LogP contribution in [-0.2, 0) is 17.6 Å². The van der Waals surface area contributed by atoms with Crippen LogP contribution in [0.4, 0.5) is 8.78 Å². The second kappa shape index (κ2) is 6.02. The van der Waals surface area contributed by atoms with Crippen molar-refractivity contribution < 1.29 is 13.6 Å². The van der Waals surface area contributed by atoms with E-state index >= 15 is 0 Å². The van der Waals surface area contributed by atoms with Crippen molar-refractivity contribution in [2.24, 2.45) is 0 Å². The molecule has 0 unspecified atom stereocenters. The lowest BCUT2D eigenvalue weighted by Gasteiger charge is -2.03. The lowest BCUT2D eigenvalue weighted by atomic mass is 10.0. The maximum atomic E-state index is 13.4. The first-order valence-corrected chi connectivity index (χ1v) is 6.40. The molecule has 0 spiro atoms. The number of pyridine rings is 1. The minimum absolute atomic E-state index is 0.0656. The van der Waals surface area contributed by atoms with E-state index in [0.29, 0.717) is 5.69 Å². The molecule has 2 aromatic rings. The van der Waals surface area contributed by atoms with Gasteiger partial charge in [0, 0.05) is 35.3 Å². The van der Waals surface area contributed by atoms with Gasteiger partial charge >= 0.3 is 0 Å². The van der Waals surface area contributed by atoms with E-state index in [0.717, 1.165) is 16.6 Å². The maximum absolute atomic E-state index is 13.4. The molecule has 0 saturated heterocycles. The number of nitrogens with zero attached hydrogens (tertiary/aromatic N) is 1. The smallest absolute Gasteiger partial charge is 0.143 e. The highest BCUT2D eigenvalue weighted by Gasteiger charge is 2.10. The molecule has 0 N–H and O–H groups in total. The van der Waals surface area contributed by atoms with Crippen LogP contribution in [0.15, 0.2) is 41.0 Å². The molecule has 1 heterocycles. The Labute approximate surface area is 117 Å². The molecule has 2 rings (SSSR count). The SMILES string of the molecule is O=C(Cc1ccc(Br)cn1)Cc1ccc(F)cc1F. The highest BCUT2D eigenvalue weighted by atomic mass is 79.9. The number of aromatic nitrogens is 1. The molecule has 0 atom stereocenters. The van der Waals surface area contributed by atoms with E-state index < -0.39 is 11.6 Å². The Morgan fingerprint density at radius 3 is 2.58 bits per heavy atom. The van der Waals surface area contributed by atoms with Crippen molar-refractivity contribution in [3.05, 3.63) is 63.9 Å². The Kier molecular flexibility index (Phi) is 4.37. The zero-order chi connectivity index (χ0) is 13.8. The summed E-state index contributed by atoms with van der Waals surface area (Å²) in [5.41, 5.74) is 0.819. The average molecular weight is 326 g/mol. The van der Waals surface area contributed by atoms with Crippen LogP contribution in [0.1, 0.15) is 11.3 Å². The summed E-state index contributed by atoms with van der Waals surface area (Å²) in [6.07, 6.45) is 1.66. The predicted octanol–water partition coefficient (Wildman–Crippen LogP) is 3.48. The summed E-state index contributed by atoms with van der Waals surface area (Å²) in [5, 5.41) is 0. The van der Waals surface area contributed by atoms with E-state index in [-0.39, 0.29) is 24.2 Å². The Hall–Kier alpha value is -1.62. The van der Waals surface area contributed by atoms with Crippen molar-refractivity contribution in [1.29, 1.82) is 0 Å². The molecule has 2 nitrogen and oxygen atoms in total. The van der Waals surface area contributed by atoms with Gasteiger partial charge in [-0.05, 0) is 39.7 Å². The zero-order valence-corrected chi connectivity index (χ0v) is 11.5. The van der Waals surface area contributed by atoms with Crippen LogP contribution in [0.3, 0.4) is 0 Å². The summed E-state index contributed by atoms with van der Waals surface area (Å²) in [6, 6.07) is 6.72. The lowest BCUT2D eigenvalue weighted by Crippen LogP contribution is -2.09. The van der Waals surface area contributed by atoms with E-state index in [1.54, 1.807) is 18.3 Å². The largest absolute Gasteiger partial charge is 0.299 e. The summed E-state index contributed by atoms with van der Waals surface area (Å²) in [7, 11) is 0. The third kappa shape index (κ3) is 3.92. The Bertz CT molecular complexity index is 599. The zero-order valence-electron chi connectivity index (χ0n) is 9.87. The molecular weight excluding hydrogens is 316 g/mol. The van der Waals surface area contributed by atoms with Gasteiger partial charge < -0.3 is 0 Å². The Balaban J connectivity index is 2.03. The minimum atomic E-state index is -0.697. The lowest BCUT2D eigenvalue weighted by molar-refractivity contribution is -0.117. The van der Waals surface area contributed by atoms with Crippen LogP contribution in [0, 0.1) is 11.6 Å². The van der Waals surface area contributed by atoms with Gasteiger partial charge in [0.15, 0.2) is 0 Å². The molecule has 0 saturated carbocycles. The van der Waals surface area contributed by atoms with Crippen molar-refractivity contribution in [3.63, 3.8) is 0 Å². The molecule has 98 valence electrons. The molecule has 0 amide bonds. The normalized spacial score (nSPS) is 10.5. The summed E-state index contributed by atoms with van der Waals surface area (Å²) in [4.78, 5) is 15.9. The average Bonchev–Trinajstić information content (AvgIpc) is 2.36. The van der Waals surface area contributed by atoms with E-state index in [2.05, 4.69) is 20.9 Å². The summed E-state index contributed by atoms with van der Waals surface area (Å²) < 4.78 is 26.9. The summed E-state index contributed by atoms with van der Waals surface area (Å²) in [5.74, 6) is -1.51. The van der Waals surface area contributed by atoms with E-state index in [4.69, 9.17) is 0 Å². The monoisotopic (exact) mass is 325 g/mol. The van der Waals surface area contributed by atoms with Crippen LogP contribution in [0.25, 0.3) is 0 Å². The number of ketones is 1. The van der Waals surface area contributed by atoms with E-state index in [1.165, 1.54) is 6.07 Å². The van der Waals surface area contributed by atoms with Crippen LogP contribution < -0.4 is 0 Å². The van der Waals surface area contributed by atoms with Gasteiger partial charge in [-0.2, -0.15) is 0 Å². The number of Topliss-reactive ketones (excluding diaryl/α,β-unsaturated/α-hetero) is 1. The predicted molar refractivity (Wildman–Crippen MR) is 70.7 cm³/mol. The number of benzene rings is 1. The minimum Gasteiger partial charge on any atom is -0.299 e. The molecule has 0 aliphatic heterocycles. The molecule has 0 bridgehead atoms. The first kappa shape index (κ1) is 13.8. The molecule has 0 fully saturated rings. The first-order chi connectivity index (χ1) is 9.04. The number of hydrogen-bond donors (Lipinski definition) is 0. The topological polar surface area (TPSA) is 30.0 Å². The maximum Gasteiger partial charge on any atom is 0.143 e. The van der Waals surface area contributed by atoms with Gasteiger partial charge in [-0.1, -0.05) is 6.07 Å². The summed E-state index contributed by atoms with van der Waals surface area (Å²) in [6.45, 7) is 0. The number of rotatable bonds is 4. The van der Waals surface area contributed by atoms with E-state index in [1.807, 2.05) is 0 Å². The number of hydrogen-bond acceptors (Lipinski definition) is 2. The van der Waals surface area contributed by atoms with Gasteiger partial charge in [0.25, 0.3) is 0 Å². The van der Waals surface area contributed by atoms with Crippen LogP contribution in [0.2, 0.25) is 0 Å². The third-order valence-corrected chi connectivity index (χ3v) is 3.04. The summed E-state index contributed by atoms with van der Waals surface area (Å²) >= 11 is 3.25. The fraction of sp³-hybridized carbons (Fsp3) is 0.143. The molecule has 0 aliphatic rings. The van der Waals surface area contributed by atoms with Gasteiger partial charge in [0.05, 0.1) is 0 Å². The van der Waals surface area contributed by atoms with Gasteiger partial charge in [0.1, 0.15) is 17.4 Å². The second-order valence-corrected chi connectivity index (χ2v) is 5.01. The molecule has 0 aliphatic carbocycles. The number of halogens is 3. The van der Waals surface area contributed by atoms with Gasteiger partial charge in [0.2, 0.25) is 0 Å². The first-order valence-electron chi connectivity index (χ1n) is 5.60. The van der Waals surface area contributed by atoms with Crippen LogP contribution in [0.5, 0.6) is 0 Å². The fourth-order valence-electron chi connectivity index (χ4n) is 1.65. The van der Waals surface area contributed by atoms with Crippen molar-refractivity contribution in [1.82, 2.24) is 4.98 Å². The molecular formula is C14H10BrF2NO. The van der Waals surface area contributed by atoms with Crippen molar-refractivity contribution in [2.75, 3.05) is 0 Å². The Morgan fingerprint density at radius 2 is 1.95 bits per heavy atom. The molecule has 1 aromatic heterocycles. The van der Waals surface area contributed by atoms with Crippen LogP contribution in [-0.4, -0.2) is 10.8 Å². The van der Waals surface area contributed by atoms with Gasteiger partial charge in [-0.3, -0.25) is 9.78 Å². The Morgan fingerprint density at radius 1 is 1.16 bits per heavy atom. The highest BCUT2D eigenvalue weighted by molar-refractivity contribution is 9.10. The quantitative estimate of drug-likeness (QED) is 0.861. The van der Waals surface area contributed by atoms with Crippen molar-refractivity contribution in [3.8, 4) is 0 Å². The highest BCUT2D eigenvalue weighted by Crippen LogP contribution is 2.12. The second-order valence-electron chi connectivity index (χ2n) is 4.10. The van der Waals surface area contributed by atoms with E-state index in [9.17, 15) is 13.6 Å². The standard InChI is InChI=1S/C14H10BrF2NO/c15-10-2-4-12(18-8-10)7-13(19)5-9-1-3-11(16)6-14(9)17/h1-4,6,8H,5,7H2. The van der Waals surface area contributed by atoms with Crippen molar-refractivity contribution in [2.45, 2.75) is 12.8 Å². The number of carbonyl (C=O) groups excluding carboxylic acids is 1. The van der Waals surface area contributed by atoms with Crippen molar-refractivity contribution >= 4 is 21.7 Å². The molecule has 1 aromatic carbocycles. The van der Waals surface area contributed by atoms with Crippen LogP contribution >= 0.6 is 15.9 Å². The van der Waals surface area contributed by atoms with Gasteiger partial charge in [-0.15, -0.1) is 0 Å².